The monoisotopic (exact) mass is 236 g/mol. The third-order valence-corrected chi connectivity index (χ3v) is 1.98. The molecule has 0 fully saturated rings. The van der Waals surface area contributed by atoms with Gasteiger partial charge in [0.05, 0.1) is 27.6 Å². The van der Waals surface area contributed by atoms with Crippen LogP contribution in [0.4, 0.5) is 0 Å². The molecule has 0 N–H and O–H groups in total. The zero-order valence-electron chi connectivity index (χ0n) is 9.45. The van der Waals surface area contributed by atoms with Crippen LogP contribution in [-0.2, 0) is 34.1 Å². The summed E-state index contributed by atoms with van der Waals surface area (Å²) in [6.45, 7) is 0.179. The van der Waals surface area contributed by atoms with Crippen molar-refractivity contribution in [2.45, 2.75) is 18.3 Å². The molecule has 0 aromatic heterocycles. The fourth-order valence-corrected chi connectivity index (χ4v) is 1.32. The van der Waals surface area contributed by atoms with Gasteiger partial charge in [0.1, 0.15) is 12.7 Å². The molecule has 7 heteroatoms. The maximum atomic E-state index is 5.30. The lowest BCUT2D eigenvalue weighted by Crippen LogP contribution is -2.45. The number of hydrogen-bond donors (Lipinski definition) is 0. The first-order valence-electron chi connectivity index (χ1n) is 4.70. The Morgan fingerprint density at radius 3 is 2.44 bits per heavy atom. The van der Waals surface area contributed by atoms with Crippen molar-refractivity contribution in [2.75, 3.05) is 27.9 Å². The molecule has 0 spiro atoms. The molecule has 94 valence electrons. The Kier molecular flexibility index (Phi) is 6.31. The Bertz CT molecular complexity index is 208. The van der Waals surface area contributed by atoms with Crippen LogP contribution in [0.3, 0.4) is 0 Å². The van der Waals surface area contributed by atoms with Gasteiger partial charge >= 0.3 is 0 Å². The zero-order chi connectivity index (χ0) is 11.8. The van der Waals surface area contributed by atoms with E-state index in [1.54, 1.807) is 6.08 Å². The Morgan fingerprint density at radius 2 is 1.81 bits per heavy atom. The van der Waals surface area contributed by atoms with E-state index in [1.165, 1.54) is 27.6 Å². The van der Waals surface area contributed by atoms with Gasteiger partial charge < -0.3 is 4.74 Å². The lowest BCUT2D eigenvalue weighted by Gasteiger charge is -2.31. The summed E-state index contributed by atoms with van der Waals surface area (Å²) in [5, 5.41) is 0. The smallest absolute Gasteiger partial charge is 0.165 e. The minimum atomic E-state index is -0.509. The molecule has 0 saturated carbocycles. The molecular formula is C9H16O7. The van der Waals surface area contributed by atoms with Crippen molar-refractivity contribution in [2.24, 2.45) is 0 Å². The van der Waals surface area contributed by atoms with Crippen LogP contribution in [0.15, 0.2) is 12.3 Å². The highest BCUT2D eigenvalue weighted by Gasteiger charge is 2.36. The average Bonchev–Trinajstić information content (AvgIpc) is 2.30. The Balaban J connectivity index is 2.57. The second kappa shape index (κ2) is 7.55. The van der Waals surface area contributed by atoms with Gasteiger partial charge in [0, 0.05) is 0 Å². The van der Waals surface area contributed by atoms with E-state index in [0.29, 0.717) is 0 Å². The van der Waals surface area contributed by atoms with E-state index in [2.05, 4.69) is 14.7 Å². The van der Waals surface area contributed by atoms with Crippen LogP contribution < -0.4 is 0 Å². The van der Waals surface area contributed by atoms with Crippen LogP contribution in [0.2, 0.25) is 0 Å². The van der Waals surface area contributed by atoms with Gasteiger partial charge in [0.2, 0.25) is 0 Å². The standard InChI is InChI=1S/C9H16O7/c1-10-14-6-8-9(16-12-3)7(15-11-2)4-5-13-8/h4-5,7-9H,6H2,1-3H3/t7-,8-,9+/m1/s1. The molecule has 0 unspecified atom stereocenters. The summed E-state index contributed by atoms with van der Waals surface area (Å²) in [4.78, 5) is 28.5. The molecule has 1 aliphatic heterocycles. The van der Waals surface area contributed by atoms with Crippen LogP contribution in [-0.4, -0.2) is 46.2 Å². The van der Waals surface area contributed by atoms with Gasteiger partial charge in [0.15, 0.2) is 12.2 Å². The summed E-state index contributed by atoms with van der Waals surface area (Å²) in [5.74, 6) is 0. The summed E-state index contributed by atoms with van der Waals surface area (Å²) >= 11 is 0. The van der Waals surface area contributed by atoms with E-state index in [9.17, 15) is 0 Å². The molecular weight excluding hydrogens is 220 g/mol. The van der Waals surface area contributed by atoms with E-state index in [0.717, 1.165) is 0 Å². The summed E-state index contributed by atoms with van der Waals surface area (Å²) < 4.78 is 5.30. The number of hydrogen-bond acceptors (Lipinski definition) is 7. The van der Waals surface area contributed by atoms with Gasteiger partial charge in [-0.15, -0.1) is 0 Å². The average molecular weight is 236 g/mol. The minimum Gasteiger partial charge on any atom is -0.493 e. The maximum Gasteiger partial charge on any atom is 0.165 e. The molecule has 1 rings (SSSR count). The maximum absolute atomic E-state index is 5.30. The van der Waals surface area contributed by atoms with Crippen LogP contribution in [0.1, 0.15) is 0 Å². The van der Waals surface area contributed by atoms with Gasteiger partial charge in [-0.3, -0.25) is 0 Å². The third kappa shape index (κ3) is 3.71. The second-order valence-electron chi connectivity index (χ2n) is 2.91. The predicted octanol–water partition coefficient (Wildman–Crippen LogP) is 0.370. The molecule has 0 aromatic rings. The van der Waals surface area contributed by atoms with Crippen molar-refractivity contribution in [3.8, 4) is 0 Å². The van der Waals surface area contributed by atoms with Crippen molar-refractivity contribution in [3.63, 3.8) is 0 Å². The van der Waals surface area contributed by atoms with Crippen molar-refractivity contribution in [1.82, 2.24) is 0 Å². The van der Waals surface area contributed by atoms with E-state index in [-0.39, 0.29) is 6.61 Å². The van der Waals surface area contributed by atoms with E-state index in [4.69, 9.17) is 19.4 Å². The number of rotatable bonds is 7. The summed E-state index contributed by atoms with van der Waals surface area (Å²) in [5.41, 5.74) is 0. The second-order valence-corrected chi connectivity index (χ2v) is 2.91. The van der Waals surface area contributed by atoms with Crippen LogP contribution in [0.25, 0.3) is 0 Å². The van der Waals surface area contributed by atoms with Crippen LogP contribution >= 0.6 is 0 Å². The third-order valence-electron chi connectivity index (χ3n) is 1.98. The van der Waals surface area contributed by atoms with Crippen LogP contribution in [0, 0.1) is 0 Å². The summed E-state index contributed by atoms with van der Waals surface area (Å²) in [6, 6.07) is 0. The highest BCUT2D eigenvalue weighted by molar-refractivity contribution is 4.98. The molecule has 1 aliphatic rings. The minimum absolute atomic E-state index is 0.179. The molecule has 1 heterocycles. The predicted molar refractivity (Wildman–Crippen MR) is 50.7 cm³/mol. The fraction of sp³-hybridized carbons (Fsp3) is 0.778. The van der Waals surface area contributed by atoms with Gasteiger partial charge in [-0.05, 0) is 6.08 Å². The summed E-state index contributed by atoms with van der Waals surface area (Å²) in [7, 11) is 4.22. The molecule has 0 radical (unpaired) electrons. The van der Waals surface area contributed by atoms with E-state index >= 15 is 0 Å². The summed E-state index contributed by atoms with van der Waals surface area (Å²) in [6.07, 6.45) is 1.78. The Hall–Kier alpha value is -0.700. The van der Waals surface area contributed by atoms with Gasteiger partial charge in [0.25, 0.3) is 0 Å². The van der Waals surface area contributed by atoms with Crippen molar-refractivity contribution in [3.05, 3.63) is 12.3 Å². The molecule has 0 amide bonds. The largest absolute Gasteiger partial charge is 0.493 e. The molecule has 7 nitrogen and oxygen atoms in total. The Labute approximate surface area is 93.5 Å². The van der Waals surface area contributed by atoms with E-state index in [1.807, 2.05) is 0 Å². The molecule has 0 saturated heterocycles. The molecule has 16 heavy (non-hydrogen) atoms. The van der Waals surface area contributed by atoms with Gasteiger partial charge in [-0.2, -0.15) is 0 Å². The van der Waals surface area contributed by atoms with E-state index < -0.39 is 18.3 Å². The molecule has 3 atom stereocenters. The number of ether oxygens (including phenoxy) is 1. The van der Waals surface area contributed by atoms with Gasteiger partial charge in [-0.25, -0.2) is 29.3 Å². The van der Waals surface area contributed by atoms with Crippen molar-refractivity contribution < 1.29 is 34.1 Å². The normalized spacial score (nSPS) is 29.1. The first kappa shape index (κ1) is 13.4. The highest BCUT2D eigenvalue weighted by Crippen LogP contribution is 2.19. The fourth-order valence-electron chi connectivity index (χ4n) is 1.32. The molecule has 0 bridgehead atoms. The van der Waals surface area contributed by atoms with Crippen LogP contribution in [0.5, 0.6) is 0 Å². The topological polar surface area (TPSA) is 64.6 Å². The quantitative estimate of drug-likeness (QED) is 0.467. The molecule has 0 aliphatic carbocycles. The van der Waals surface area contributed by atoms with Crippen molar-refractivity contribution in [1.29, 1.82) is 0 Å². The zero-order valence-corrected chi connectivity index (χ0v) is 9.45. The molecule has 0 aromatic carbocycles. The van der Waals surface area contributed by atoms with Gasteiger partial charge in [-0.1, -0.05) is 0 Å². The SMILES string of the molecule is COOC[C@H]1OC=C[C@@H](OOC)[C@@H]1OOC. The Morgan fingerprint density at radius 1 is 1.06 bits per heavy atom. The first-order chi connectivity index (χ1) is 7.83. The first-order valence-corrected chi connectivity index (χ1v) is 4.70. The lowest BCUT2D eigenvalue weighted by molar-refractivity contribution is -0.389. The lowest BCUT2D eigenvalue weighted by atomic mass is 10.1. The highest BCUT2D eigenvalue weighted by atomic mass is 17.2. The van der Waals surface area contributed by atoms with Crippen molar-refractivity contribution >= 4 is 0 Å².